The smallest absolute Gasteiger partial charge is 0.226 e. The average Bonchev–Trinajstić information content (AvgIpc) is 3.30. The quantitative estimate of drug-likeness (QED) is 0.447. The van der Waals surface area contributed by atoms with Crippen molar-refractivity contribution in [3.63, 3.8) is 0 Å². The summed E-state index contributed by atoms with van der Waals surface area (Å²) >= 11 is 1.66. The van der Waals surface area contributed by atoms with Crippen LogP contribution in [0, 0.1) is 0 Å². The predicted molar refractivity (Wildman–Crippen MR) is 103 cm³/mol. The number of thioether (sulfide) groups is 1. The van der Waals surface area contributed by atoms with E-state index in [1.54, 1.807) is 25.1 Å². The van der Waals surface area contributed by atoms with Crippen LogP contribution in [0.15, 0.2) is 70.4 Å². The van der Waals surface area contributed by atoms with Gasteiger partial charge in [0.25, 0.3) is 0 Å². The first-order valence-electron chi connectivity index (χ1n) is 8.42. The molecule has 0 amide bonds. The van der Waals surface area contributed by atoms with Crippen molar-refractivity contribution in [1.29, 1.82) is 0 Å². The number of rotatable bonds is 7. The number of hydrogen-bond acceptors (Lipinski definition) is 5. The molecule has 0 spiro atoms. The SMILES string of the molecule is COCCn1c(SCc2coc(-c3ccccc3)n2)nc2ccccc21. The van der Waals surface area contributed by atoms with Crippen LogP contribution in [0.1, 0.15) is 5.69 Å². The van der Waals surface area contributed by atoms with E-state index >= 15 is 0 Å². The van der Waals surface area contributed by atoms with Crippen LogP contribution in [-0.2, 0) is 17.0 Å². The molecule has 4 aromatic rings. The maximum Gasteiger partial charge on any atom is 0.226 e. The van der Waals surface area contributed by atoms with E-state index < -0.39 is 0 Å². The summed E-state index contributed by atoms with van der Waals surface area (Å²) in [5.41, 5.74) is 4.00. The van der Waals surface area contributed by atoms with Crippen molar-refractivity contribution in [1.82, 2.24) is 14.5 Å². The Labute approximate surface area is 156 Å². The molecule has 0 N–H and O–H groups in total. The number of aromatic nitrogens is 3. The van der Waals surface area contributed by atoms with Crippen molar-refractivity contribution in [2.75, 3.05) is 13.7 Å². The van der Waals surface area contributed by atoms with E-state index in [1.807, 2.05) is 48.5 Å². The first kappa shape index (κ1) is 16.9. The molecule has 0 atom stereocenters. The second kappa shape index (κ2) is 7.76. The van der Waals surface area contributed by atoms with Gasteiger partial charge in [-0.1, -0.05) is 42.1 Å². The van der Waals surface area contributed by atoms with Gasteiger partial charge in [-0.3, -0.25) is 0 Å². The molecule has 132 valence electrons. The van der Waals surface area contributed by atoms with E-state index in [2.05, 4.69) is 15.6 Å². The number of nitrogens with zero attached hydrogens (tertiary/aromatic N) is 3. The van der Waals surface area contributed by atoms with Crippen molar-refractivity contribution in [2.24, 2.45) is 0 Å². The zero-order valence-corrected chi connectivity index (χ0v) is 15.3. The lowest BCUT2D eigenvalue weighted by Gasteiger charge is -2.07. The van der Waals surface area contributed by atoms with Gasteiger partial charge in [-0.25, -0.2) is 9.97 Å². The van der Waals surface area contributed by atoms with Gasteiger partial charge >= 0.3 is 0 Å². The van der Waals surface area contributed by atoms with Crippen molar-refractivity contribution in [3.05, 3.63) is 66.6 Å². The van der Waals surface area contributed by atoms with Gasteiger partial charge in [0.1, 0.15) is 6.26 Å². The largest absolute Gasteiger partial charge is 0.444 e. The summed E-state index contributed by atoms with van der Waals surface area (Å²) < 4.78 is 13.1. The molecule has 0 saturated heterocycles. The first-order valence-corrected chi connectivity index (χ1v) is 9.40. The molecule has 0 radical (unpaired) electrons. The molecule has 0 unspecified atom stereocenters. The summed E-state index contributed by atoms with van der Waals surface area (Å²) in [5.74, 6) is 1.35. The van der Waals surface area contributed by atoms with E-state index in [9.17, 15) is 0 Å². The van der Waals surface area contributed by atoms with Crippen molar-refractivity contribution >= 4 is 22.8 Å². The third kappa shape index (κ3) is 3.52. The van der Waals surface area contributed by atoms with E-state index in [0.717, 1.165) is 34.0 Å². The molecule has 2 aromatic heterocycles. The molecule has 0 aliphatic heterocycles. The Kier molecular flexibility index (Phi) is 5.04. The molecule has 2 aromatic carbocycles. The number of hydrogen-bond donors (Lipinski definition) is 0. The minimum atomic E-state index is 0.647. The third-order valence-electron chi connectivity index (χ3n) is 4.06. The number of benzene rings is 2. The fraction of sp³-hybridized carbons (Fsp3) is 0.200. The Bertz CT molecular complexity index is 995. The third-order valence-corrected chi connectivity index (χ3v) is 5.07. The molecule has 5 nitrogen and oxygen atoms in total. The van der Waals surface area contributed by atoms with Crippen molar-refractivity contribution in [2.45, 2.75) is 17.5 Å². The van der Waals surface area contributed by atoms with E-state index in [4.69, 9.17) is 14.1 Å². The Morgan fingerprint density at radius 3 is 2.69 bits per heavy atom. The minimum absolute atomic E-state index is 0.647. The standard InChI is InChI=1S/C20H19N3O2S/c1-24-12-11-23-18-10-6-5-9-17(18)22-20(23)26-14-16-13-25-19(21-16)15-7-3-2-4-8-15/h2-10,13H,11-12,14H2,1H3. The zero-order valence-electron chi connectivity index (χ0n) is 14.5. The molecular weight excluding hydrogens is 346 g/mol. The van der Waals surface area contributed by atoms with Gasteiger partial charge in [-0.15, -0.1) is 0 Å². The van der Waals surface area contributed by atoms with Gasteiger partial charge in [-0.05, 0) is 24.3 Å². The summed E-state index contributed by atoms with van der Waals surface area (Å²) in [6.45, 7) is 1.42. The van der Waals surface area contributed by atoms with E-state index in [0.29, 0.717) is 18.3 Å². The van der Waals surface area contributed by atoms with Gasteiger partial charge in [0.2, 0.25) is 5.89 Å². The van der Waals surface area contributed by atoms with Crippen LogP contribution < -0.4 is 0 Å². The Hall–Kier alpha value is -2.57. The van der Waals surface area contributed by atoms with Crippen LogP contribution >= 0.6 is 11.8 Å². The number of fused-ring (bicyclic) bond motifs is 1. The first-order chi connectivity index (χ1) is 12.8. The summed E-state index contributed by atoms with van der Waals surface area (Å²) in [5, 5.41) is 0.965. The Balaban J connectivity index is 1.54. The highest BCUT2D eigenvalue weighted by molar-refractivity contribution is 7.98. The molecule has 6 heteroatoms. The number of methoxy groups -OCH3 is 1. The van der Waals surface area contributed by atoms with Crippen LogP contribution in [-0.4, -0.2) is 28.3 Å². The van der Waals surface area contributed by atoms with Gasteiger partial charge in [-0.2, -0.15) is 0 Å². The number of imidazole rings is 1. The Morgan fingerprint density at radius 1 is 1.04 bits per heavy atom. The van der Waals surface area contributed by atoms with Crippen LogP contribution in [0.4, 0.5) is 0 Å². The van der Waals surface area contributed by atoms with Gasteiger partial charge < -0.3 is 13.7 Å². The van der Waals surface area contributed by atoms with E-state index in [1.165, 1.54) is 0 Å². The lowest BCUT2D eigenvalue weighted by atomic mass is 10.2. The number of ether oxygens (including phenoxy) is 1. The normalized spacial score (nSPS) is 11.3. The highest BCUT2D eigenvalue weighted by Gasteiger charge is 2.13. The molecule has 0 aliphatic rings. The topological polar surface area (TPSA) is 53.1 Å². The van der Waals surface area contributed by atoms with Crippen molar-refractivity contribution < 1.29 is 9.15 Å². The van der Waals surface area contributed by atoms with Crippen LogP contribution in [0.25, 0.3) is 22.5 Å². The molecule has 4 rings (SSSR count). The molecule has 2 heterocycles. The minimum Gasteiger partial charge on any atom is -0.444 e. The predicted octanol–water partition coefficient (Wildman–Crippen LogP) is 4.63. The number of para-hydroxylation sites is 2. The zero-order chi connectivity index (χ0) is 17.8. The molecule has 26 heavy (non-hydrogen) atoms. The highest BCUT2D eigenvalue weighted by atomic mass is 32.2. The average molecular weight is 365 g/mol. The fourth-order valence-electron chi connectivity index (χ4n) is 2.79. The van der Waals surface area contributed by atoms with E-state index in [-0.39, 0.29) is 0 Å². The molecule has 0 saturated carbocycles. The number of oxazole rings is 1. The van der Waals surface area contributed by atoms with Crippen molar-refractivity contribution in [3.8, 4) is 11.5 Å². The van der Waals surface area contributed by atoms with Gasteiger partial charge in [0.05, 0.1) is 23.3 Å². The van der Waals surface area contributed by atoms with Crippen LogP contribution in [0.3, 0.4) is 0 Å². The lowest BCUT2D eigenvalue weighted by Crippen LogP contribution is -2.05. The second-order valence-corrected chi connectivity index (χ2v) is 6.77. The molecule has 0 bridgehead atoms. The second-order valence-electron chi connectivity index (χ2n) is 5.83. The summed E-state index contributed by atoms with van der Waals surface area (Å²) in [6, 6.07) is 18.1. The fourth-order valence-corrected chi connectivity index (χ4v) is 3.71. The van der Waals surface area contributed by atoms with Gasteiger partial charge in [0.15, 0.2) is 5.16 Å². The lowest BCUT2D eigenvalue weighted by molar-refractivity contribution is 0.186. The highest BCUT2D eigenvalue weighted by Crippen LogP contribution is 2.27. The monoisotopic (exact) mass is 365 g/mol. The van der Waals surface area contributed by atoms with Crippen LogP contribution in [0.5, 0.6) is 0 Å². The summed E-state index contributed by atoms with van der Waals surface area (Å²) in [7, 11) is 1.71. The van der Waals surface area contributed by atoms with Crippen LogP contribution in [0.2, 0.25) is 0 Å². The Morgan fingerprint density at radius 2 is 1.85 bits per heavy atom. The van der Waals surface area contributed by atoms with Gasteiger partial charge in [0, 0.05) is 25.0 Å². The maximum absolute atomic E-state index is 5.62. The summed E-state index contributed by atoms with van der Waals surface area (Å²) in [6.07, 6.45) is 1.72. The molecule has 0 aliphatic carbocycles. The molecular formula is C20H19N3O2S. The summed E-state index contributed by atoms with van der Waals surface area (Å²) in [4.78, 5) is 9.35. The maximum atomic E-state index is 5.62. The molecule has 0 fully saturated rings.